The molecule has 0 aliphatic heterocycles. The van der Waals surface area contributed by atoms with Gasteiger partial charge in [-0.2, -0.15) is 0 Å². The molecule has 2 aromatic rings. The van der Waals surface area contributed by atoms with E-state index in [1.165, 1.54) is 11.8 Å². The summed E-state index contributed by atoms with van der Waals surface area (Å²) >= 11 is 7.39. The second-order valence-corrected chi connectivity index (χ2v) is 4.91. The molecule has 0 bridgehead atoms. The van der Waals surface area contributed by atoms with Crippen molar-refractivity contribution in [2.45, 2.75) is 23.5 Å². The molecule has 0 aliphatic rings. The summed E-state index contributed by atoms with van der Waals surface area (Å²) in [6, 6.07) is 5.70. The molecule has 1 aromatic heterocycles. The summed E-state index contributed by atoms with van der Waals surface area (Å²) in [5.41, 5.74) is 6.67. The topological polar surface area (TPSA) is 64.9 Å². The Morgan fingerprint density at radius 1 is 1.41 bits per heavy atom. The van der Waals surface area contributed by atoms with Crippen LogP contribution in [0.3, 0.4) is 0 Å². The molecule has 6 heteroatoms. The van der Waals surface area contributed by atoms with Crippen LogP contribution in [-0.4, -0.2) is 16.7 Å². The first-order valence-electron chi connectivity index (χ1n) is 5.15. The number of aryl methyl sites for hydroxylation is 1. The van der Waals surface area contributed by atoms with Crippen LogP contribution in [0.2, 0.25) is 5.02 Å². The minimum atomic E-state index is 0.531. The summed E-state index contributed by atoms with van der Waals surface area (Å²) in [5.74, 6) is 0.557. The fraction of sp³-hybridized carbons (Fsp3) is 0.273. The Hall–Kier alpha value is -1.04. The average molecular weight is 270 g/mol. The number of hydrogen-bond acceptors (Lipinski definition) is 5. The van der Waals surface area contributed by atoms with Crippen molar-refractivity contribution in [2.24, 2.45) is 5.73 Å². The highest BCUT2D eigenvalue weighted by molar-refractivity contribution is 7.99. The van der Waals surface area contributed by atoms with E-state index in [9.17, 15) is 0 Å². The molecule has 1 aromatic carbocycles. The van der Waals surface area contributed by atoms with E-state index in [0.717, 1.165) is 16.9 Å². The zero-order valence-corrected chi connectivity index (χ0v) is 10.9. The summed E-state index contributed by atoms with van der Waals surface area (Å²) < 4.78 is 5.33. The van der Waals surface area contributed by atoms with Gasteiger partial charge in [0.05, 0.1) is 0 Å². The van der Waals surface area contributed by atoms with Crippen LogP contribution in [0.4, 0.5) is 0 Å². The van der Waals surface area contributed by atoms with Gasteiger partial charge >= 0.3 is 0 Å². The molecule has 0 radical (unpaired) electrons. The first-order valence-corrected chi connectivity index (χ1v) is 6.35. The van der Waals surface area contributed by atoms with Gasteiger partial charge in [0.15, 0.2) is 0 Å². The van der Waals surface area contributed by atoms with Gasteiger partial charge in [0.25, 0.3) is 5.22 Å². The van der Waals surface area contributed by atoms with Gasteiger partial charge in [0.2, 0.25) is 5.89 Å². The monoisotopic (exact) mass is 269 g/mol. The van der Waals surface area contributed by atoms with Gasteiger partial charge in [0.1, 0.15) is 0 Å². The SMILES string of the molecule is Cc1nnc(Sc2ccc(Cl)cc2CCN)o1. The van der Waals surface area contributed by atoms with E-state index in [1.807, 2.05) is 18.2 Å². The van der Waals surface area contributed by atoms with Crippen molar-refractivity contribution in [3.05, 3.63) is 34.7 Å². The van der Waals surface area contributed by atoms with Gasteiger partial charge in [-0.15, -0.1) is 10.2 Å². The Kier molecular flexibility index (Phi) is 4.04. The molecule has 17 heavy (non-hydrogen) atoms. The van der Waals surface area contributed by atoms with Crippen LogP contribution in [0.5, 0.6) is 0 Å². The first kappa shape index (κ1) is 12.4. The molecule has 0 fully saturated rings. The van der Waals surface area contributed by atoms with Crippen LogP contribution in [-0.2, 0) is 6.42 Å². The fourth-order valence-corrected chi connectivity index (χ4v) is 2.47. The zero-order chi connectivity index (χ0) is 12.3. The maximum atomic E-state index is 5.96. The Morgan fingerprint density at radius 3 is 2.88 bits per heavy atom. The molecular weight excluding hydrogens is 258 g/mol. The molecule has 4 nitrogen and oxygen atoms in total. The Labute approximate surface area is 109 Å². The molecule has 0 saturated heterocycles. The molecule has 0 saturated carbocycles. The summed E-state index contributed by atoms with van der Waals surface area (Å²) in [7, 11) is 0. The van der Waals surface area contributed by atoms with Crippen molar-refractivity contribution in [1.29, 1.82) is 0 Å². The van der Waals surface area contributed by atoms with Crippen molar-refractivity contribution in [2.75, 3.05) is 6.54 Å². The number of nitrogens with two attached hydrogens (primary N) is 1. The lowest BCUT2D eigenvalue weighted by molar-refractivity contribution is 0.429. The van der Waals surface area contributed by atoms with Crippen LogP contribution in [0, 0.1) is 6.92 Å². The number of benzene rings is 1. The van der Waals surface area contributed by atoms with Gasteiger partial charge in [-0.3, -0.25) is 0 Å². The predicted molar refractivity (Wildman–Crippen MR) is 67.4 cm³/mol. The van der Waals surface area contributed by atoms with Gasteiger partial charge in [-0.25, -0.2) is 0 Å². The van der Waals surface area contributed by atoms with Crippen LogP contribution in [0.1, 0.15) is 11.5 Å². The summed E-state index contributed by atoms with van der Waals surface area (Å²) in [6.45, 7) is 2.34. The van der Waals surface area contributed by atoms with E-state index in [1.54, 1.807) is 6.92 Å². The smallest absolute Gasteiger partial charge is 0.281 e. The van der Waals surface area contributed by atoms with E-state index in [0.29, 0.717) is 22.7 Å². The number of aromatic nitrogens is 2. The molecule has 90 valence electrons. The van der Waals surface area contributed by atoms with Crippen LogP contribution in [0.15, 0.2) is 32.7 Å². The van der Waals surface area contributed by atoms with Gasteiger partial charge in [-0.1, -0.05) is 11.6 Å². The van der Waals surface area contributed by atoms with Crippen molar-refractivity contribution in [3.63, 3.8) is 0 Å². The highest BCUT2D eigenvalue weighted by Gasteiger charge is 2.09. The third kappa shape index (κ3) is 3.21. The van der Waals surface area contributed by atoms with Crippen LogP contribution in [0.25, 0.3) is 0 Å². The molecule has 2 N–H and O–H groups in total. The number of hydrogen-bond donors (Lipinski definition) is 1. The number of halogens is 1. The Morgan fingerprint density at radius 2 is 2.24 bits per heavy atom. The van der Waals surface area contributed by atoms with Crippen LogP contribution >= 0.6 is 23.4 Å². The maximum Gasteiger partial charge on any atom is 0.281 e. The Balaban J connectivity index is 2.25. The molecule has 0 spiro atoms. The highest BCUT2D eigenvalue weighted by Crippen LogP contribution is 2.31. The van der Waals surface area contributed by atoms with E-state index >= 15 is 0 Å². The lowest BCUT2D eigenvalue weighted by Gasteiger charge is -2.06. The van der Waals surface area contributed by atoms with E-state index < -0.39 is 0 Å². The third-order valence-corrected chi connectivity index (χ3v) is 3.33. The number of rotatable bonds is 4. The molecule has 0 unspecified atom stereocenters. The van der Waals surface area contributed by atoms with Gasteiger partial charge < -0.3 is 10.2 Å². The Bertz CT molecular complexity index is 515. The van der Waals surface area contributed by atoms with Crippen molar-refractivity contribution in [3.8, 4) is 0 Å². The summed E-state index contributed by atoms with van der Waals surface area (Å²) in [4.78, 5) is 1.04. The maximum absolute atomic E-state index is 5.96. The van der Waals surface area contributed by atoms with Crippen molar-refractivity contribution in [1.82, 2.24) is 10.2 Å². The molecular formula is C11H12ClN3OS. The lowest BCUT2D eigenvalue weighted by atomic mass is 10.1. The minimum Gasteiger partial charge on any atom is -0.416 e. The predicted octanol–water partition coefficient (Wildman–Crippen LogP) is 2.68. The molecule has 0 aliphatic carbocycles. The van der Waals surface area contributed by atoms with E-state index in [-0.39, 0.29) is 0 Å². The minimum absolute atomic E-state index is 0.531. The van der Waals surface area contributed by atoms with Gasteiger partial charge in [0, 0.05) is 16.8 Å². The largest absolute Gasteiger partial charge is 0.416 e. The normalized spacial score (nSPS) is 10.8. The van der Waals surface area contributed by atoms with Gasteiger partial charge in [-0.05, 0) is 48.5 Å². The zero-order valence-electron chi connectivity index (χ0n) is 9.31. The van der Waals surface area contributed by atoms with Crippen molar-refractivity contribution >= 4 is 23.4 Å². The highest BCUT2D eigenvalue weighted by atomic mass is 35.5. The quantitative estimate of drug-likeness (QED) is 0.924. The summed E-state index contributed by atoms with van der Waals surface area (Å²) in [6.07, 6.45) is 0.774. The molecule has 0 amide bonds. The summed E-state index contributed by atoms with van der Waals surface area (Å²) in [5, 5.41) is 8.97. The van der Waals surface area contributed by atoms with Crippen molar-refractivity contribution < 1.29 is 4.42 Å². The first-order chi connectivity index (χ1) is 8.19. The number of nitrogens with zero attached hydrogens (tertiary/aromatic N) is 2. The average Bonchev–Trinajstić information content (AvgIpc) is 2.69. The lowest BCUT2D eigenvalue weighted by Crippen LogP contribution is -2.03. The third-order valence-electron chi connectivity index (χ3n) is 2.14. The molecule has 1 heterocycles. The van der Waals surface area contributed by atoms with Crippen LogP contribution < -0.4 is 5.73 Å². The molecule has 0 atom stereocenters. The fourth-order valence-electron chi connectivity index (χ4n) is 1.41. The van der Waals surface area contributed by atoms with E-state index in [4.69, 9.17) is 21.8 Å². The molecule has 2 rings (SSSR count). The standard InChI is InChI=1S/C11H12ClN3OS/c1-7-14-15-11(16-7)17-10-3-2-9(12)6-8(10)4-5-13/h2-3,6H,4-5,13H2,1H3. The second-order valence-electron chi connectivity index (χ2n) is 3.48. The van der Waals surface area contributed by atoms with E-state index in [2.05, 4.69) is 10.2 Å². The second kappa shape index (κ2) is 5.53.